The van der Waals surface area contributed by atoms with E-state index in [0.717, 1.165) is 6.42 Å². The van der Waals surface area contributed by atoms with Crippen LogP contribution in [0.3, 0.4) is 0 Å². The van der Waals surface area contributed by atoms with E-state index in [-0.39, 0.29) is 6.10 Å². The second-order valence-electron chi connectivity index (χ2n) is 2.91. The zero-order valence-corrected chi connectivity index (χ0v) is 8.19. The molecule has 0 amide bonds. The standard InChI is InChI=1S/C9H15NOS/c1-10-9(12)11-8-6-4-2-3-5-7-8/h4,6,8H,2-3,5,7H2,1H3,(H,10,12)/t8-/m1/s1. The van der Waals surface area contributed by atoms with Gasteiger partial charge in [0.2, 0.25) is 0 Å². The summed E-state index contributed by atoms with van der Waals surface area (Å²) in [7, 11) is 1.78. The maximum atomic E-state index is 5.45. The fraction of sp³-hybridized carbons (Fsp3) is 0.667. The van der Waals surface area contributed by atoms with Gasteiger partial charge in [0.25, 0.3) is 5.17 Å². The molecule has 0 saturated heterocycles. The first-order chi connectivity index (χ1) is 5.83. The largest absolute Gasteiger partial charge is 0.464 e. The lowest BCUT2D eigenvalue weighted by Crippen LogP contribution is -2.24. The minimum Gasteiger partial charge on any atom is -0.464 e. The Morgan fingerprint density at radius 1 is 1.58 bits per heavy atom. The zero-order chi connectivity index (χ0) is 8.81. The molecule has 0 aromatic heterocycles. The lowest BCUT2D eigenvalue weighted by Gasteiger charge is -2.13. The van der Waals surface area contributed by atoms with E-state index in [4.69, 9.17) is 17.0 Å². The van der Waals surface area contributed by atoms with Gasteiger partial charge in [0.15, 0.2) is 0 Å². The van der Waals surface area contributed by atoms with Gasteiger partial charge in [0.1, 0.15) is 6.10 Å². The van der Waals surface area contributed by atoms with Crippen LogP contribution in [0, 0.1) is 0 Å². The van der Waals surface area contributed by atoms with Gasteiger partial charge in [0.05, 0.1) is 0 Å². The monoisotopic (exact) mass is 185 g/mol. The molecule has 0 spiro atoms. The summed E-state index contributed by atoms with van der Waals surface area (Å²) < 4.78 is 5.45. The second kappa shape index (κ2) is 5.14. The van der Waals surface area contributed by atoms with Gasteiger partial charge in [-0.3, -0.25) is 0 Å². The van der Waals surface area contributed by atoms with E-state index in [1.165, 1.54) is 19.3 Å². The number of rotatable bonds is 1. The molecule has 0 aromatic carbocycles. The van der Waals surface area contributed by atoms with Crippen molar-refractivity contribution in [3.8, 4) is 0 Å². The average Bonchev–Trinajstić information content (AvgIpc) is 2.33. The van der Waals surface area contributed by atoms with Gasteiger partial charge in [-0.1, -0.05) is 6.08 Å². The molecule has 1 aliphatic rings. The fourth-order valence-corrected chi connectivity index (χ4v) is 1.37. The lowest BCUT2D eigenvalue weighted by molar-refractivity contribution is 0.221. The first kappa shape index (κ1) is 9.52. The van der Waals surface area contributed by atoms with Gasteiger partial charge < -0.3 is 10.1 Å². The summed E-state index contributed by atoms with van der Waals surface area (Å²) in [6, 6.07) is 0. The van der Waals surface area contributed by atoms with Crippen LogP contribution in [0.1, 0.15) is 25.7 Å². The van der Waals surface area contributed by atoms with E-state index in [2.05, 4.69) is 17.5 Å². The summed E-state index contributed by atoms with van der Waals surface area (Å²) in [5.74, 6) is 0. The Hall–Kier alpha value is -0.570. The van der Waals surface area contributed by atoms with E-state index in [0.29, 0.717) is 5.17 Å². The Balaban J connectivity index is 2.34. The fourth-order valence-electron chi connectivity index (χ4n) is 1.25. The van der Waals surface area contributed by atoms with Crippen LogP contribution >= 0.6 is 12.2 Å². The Bertz CT molecular complexity index is 179. The summed E-state index contributed by atoms with van der Waals surface area (Å²) in [6.45, 7) is 0. The predicted octanol–water partition coefficient (Wildman–Crippen LogP) is 2.01. The van der Waals surface area contributed by atoms with E-state index in [1.807, 2.05) is 0 Å². The maximum Gasteiger partial charge on any atom is 0.256 e. The molecule has 0 fully saturated rings. The molecule has 3 heteroatoms. The normalized spacial score (nSPS) is 22.9. The second-order valence-corrected chi connectivity index (χ2v) is 3.28. The number of hydrogen-bond acceptors (Lipinski definition) is 2. The summed E-state index contributed by atoms with van der Waals surface area (Å²) in [5.41, 5.74) is 0. The van der Waals surface area contributed by atoms with Crippen LogP contribution in [0.25, 0.3) is 0 Å². The molecular weight excluding hydrogens is 170 g/mol. The lowest BCUT2D eigenvalue weighted by atomic mass is 10.2. The van der Waals surface area contributed by atoms with Crippen LogP contribution < -0.4 is 5.32 Å². The van der Waals surface area contributed by atoms with Gasteiger partial charge in [-0.25, -0.2) is 0 Å². The van der Waals surface area contributed by atoms with Gasteiger partial charge in [-0.2, -0.15) is 0 Å². The summed E-state index contributed by atoms with van der Waals surface area (Å²) in [6.07, 6.45) is 9.22. The van der Waals surface area contributed by atoms with Crippen molar-refractivity contribution in [2.24, 2.45) is 0 Å². The van der Waals surface area contributed by atoms with Crippen molar-refractivity contribution < 1.29 is 4.74 Å². The van der Waals surface area contributed by atoms with E-state index in [9.17, 15) is 0 Å². The topological polar surface area (TPSA) is 21.3 Å². The van der Waals surface area contributed by atoms with Crippen LogP contribution in [-0.4, -0.2) is 18.3 Å². The van der Waals surface area contributed by atoms with Crippen molar-refractivity contribution in [3.63, 3.8) is 0 Å². The molecule has 1 rings (SSSR count). The Kier molecular flexibility index (Phi) is 4.08. The zero-order valence-electron chi connectivity index (χ0n) is 7.38. The molecule has 0 saturated carbocycles. The highest BCUT2D eigenvalue weighted by Gasteiger charge is 2.09. The van der Waals surface area contributed by atoms with E-state index >= 15 is 0 Å². The number of allylic oxidation sites excluding steroid dienone is 1. The van der Waals surface area contributed by atoms with Crippen molar-refractivity contribution >= 4 is 17.4 Å². The molecule has 1 aliphatic carbocycles. The molecule has 0 aliphatic heterocycles. The highest BCUT2D eigenvalue weighted by atomic mass is 32.1. The van der Waals surface area contributed by atoms with Gasteiger partial charge >= 0.3 is 0 Å². The number of nitrogens with one attached hydrogen (secondary N) is 1. The third-order valence-corrected chi connectivity index (χ3v) is 2.22. The summed E-state index contributed by atoms with van der Waals surface area (Å²) >= 11 is 4.91. The van der Waals surface area contributed by atoms with Gasteiger partial charge in [0, 0.05) is 7.05 Å². The molecule has 1 N–H and O–H groups in total. The Morgan fingerprint density at radius 2 is 2.42 bits per heavy atom. The average molecular weight is 185 g/mol. The molecule has 0 radical (unpaired) electrons. The smallest absolute Gasteiger partial charge is 0.256 e. The molecule has 0 aromatic rings. The quantitative estimate of drug-likeness (QED) is 0.499. The van der Waals surface area contributed by atoms with Crippen LogP contribution in [-0.2, 0) is 4.74 Å². The molecule has 12 heavy (non-hydrogen) atoms. The van der Waals surface area contributed by atoms with Gasteiger partial charge in [-0.05, 0) is 44.0 Å². The van der Waals surface area contributed by atoms with Crippen molar-refractivity contribution in [1.82, 2.24) is 5.32 Å². The van der Waals surface area contributed by atoms with Crippen LogP contribution in [0.15, 0.2) is 12.2 Å². The highest BCUT2D eigenvalue weighted by molar-refractivity contribution is 7.80. The SMILES string of the molecule is CNC(=S)O[C@@H]1C=CCCCC1. The first-order valence-corrected chi connectivity index (χ1v) is 4.79. The minimum atomic E-state index is 0.187. The Morgan fingerprint density at radius 3 is 3.17 bits per heavy atom. The first-order valence-electron chi connectivity index (χ1n) is 4.38. The van der Waals surface area contributed by atoms with Crippen molar-refractivity contribution in [3.05, 3.63) is 12.2 Å². The molecule has 2 nitrogen and oxygen atoms in total. The summed E-state index contributed by atoms with van der Waals surface area (Å²) in [4.78, 5) is 0. The van der Waals surface area contributed by atoms with Crippen molar-refractivity contribution in [1.29, 1.82) is 0 Å². The molecule has 0 unspecified atom stereocenters. The Labute approximate surface area is 79.0 Å². The van der Waals surface area contributed by atoms with Crippen molar-refractivity contribution in [2.75, 3.05) is 7.05 Å². The molecule has 0 bridgehead atoms. The van der Waals surface area contributed by atoms with Crippen molar-refractivity contribution in [2.45, 2.75) is 31.8 Å². The molecule has 1 atom stereocenters. The molecule has 0 heterocycles. The molecule has 68 valence electrons. The number of thiocarbonyl (C=S) groups is 1. The van der Waals surface area contributed by atoms with Crippen LogP contribution in [0.2, 0.25) is 0 Å². The predicted molar refractivity (Wildman–Crippen MR) is 54.1 cm³/mol. The van der Waals surface area contributed by atoms with E-state index in [1.54, 1.807) is 7.05 Å². The van der Waals surface area contributed by atoms with Crippen LogP contribution in [0.4, 0.5) is 0 Å². The van der Waals surface area contributed by atoms with Crippen LogP contribution in [0.5, 0.6) is 0 Å². The maximum absolute atomic E-state index is 5.45. The summed E-state index contributed by atoms with van der Waals surface area (Å²) in [5, 5.41) is 3.30. The third kappa shape index (κ3) is 3.22. The third-order valence-electron chi connectivity index (χ3n) is 1.92. The minimum absolute atomic E-state index is 0.187. The molecular formula is C9H15NOS. The number of hydrogen-bond donors (Lipinski definition) is 1. The van der Waals surface area contributed by atoms with E-state index < -0.39 is 0 Å². The van der Waals surface area contributed by atoms with Gasteiger partial charge in [-0.15, -0.1) is 0 Å². The highest BCUT2D eigenvalue weighted by Crippen LogP contribution is 2.13. The number of ether oxygens (including phenoxy) is 1.